The van der Waals surface area contributed by atoms with Gasteiger partial charge in [-0.05, 0) is 46.3 Å². The molecular formula is C19H13N3O2S. The lowest BCUT2D eigenvalue weighted by atomic mass is 9.96. The smallest absolute Gasteiger partial charge is 0.255 e. The van der Waals surface area contributed by atoms with Gasteiger partial charge in [0, 0.05) is 23.2 Å². The number of hydrogen-bond donors (Lipinski definition) is 2. The predicted octanol–water partition coefficient (Wildman–Crippen LogP) is 3.68. The van der Waals surface area contributed by atoms with Gasteiger partial charge in [0.25, 0.3) is 5.91 Å². The van der Waals surface area contributed by atoms with Crippen molar-refractivity contribution in [3.8, 4) is 27.3 Å². The zero-order chi connectivity index (χ0) is 17.0. The average Bonchev–Trinajstić information content (AvgIpc) is 3.34. The fourth-order valence-electron chi connectivity index (χ4n) is 3.37. The van der Waals surface area contributed by atoms with Crippen LogP contribution in [0.25, 0.3) is 27.1 Å². The highest BCUT2D eigenvalue weighted by molar-refractivity contribution is 7.13. The number of pyridine rings is 1. The molecule has 0 unspecified atom stereocenters. The van der Waals surface area contributed by atoms with Crippen LogP contribution in [0.15, 0.2) is 54.2 Å². The molecule has 1 aliphatic heterocycles. The molecule has 5 nitrogen and oxygen atoms in total. The summed E-state index contributed by atoms with van der Waals surface area (Å²) in [6.45, 7) is 0.431. The molecule has 0 aliphatic carbocycles. The van der Waals surface area contributed by atoms with Gasteiger partial charge in [-0.25, -0.2) is 4.52 Å². The van der Waals surface area contributed by atoms with Gasteiger partial charge in [0.1, 0.15) is 5.75 Å². The monoisotopic (exact) mass is 347 g/mol. The Labute approximate surface area is 147 Å². The lowest BCUT2D eigenvalue weighted by molar-refractivity contribution is 0.0963. The number of hydrogen-bond acceptors (Lipinski definition) is 4. The van der Waals surface area contributed by atoms with Gasteiger partial charge in [0.15, 0.2) is 0 Å². The molecule has 0 atom stereocenters. The van der Waals surface area contributed by atoms with E-state index < -0.39 is 0 Å². The second kappa shape index (κ2) is 5.19. The highest BCUT2D eigenvalue weighted by atomic mass is 32.1. The Morgan fingerprint density at radius 3 is 2.96 bits per heavy atom. The quantitative estimate of drug-likeness (QED) is 0.581. The molecule has 3 aromatic heterocycles. The Kier molecular flexibility index (Phi) is 2.96. The Hall–Kier alpha value is -3.12. The first-order valence-corrected chi connectivity index (χ1v) is 8.75. The number of nitrogens with one attached hydrogen (secondary N) is 1. The van der Waals surface area contributed by atoms with E-state index in [0.717, 1.165) is 27.8 Å². The van der Waals surface area contributed by atoms with E-state index in [0.29, 0.717) is 12.1 Å². The molecule has 4 aromatic rings. The molecular weight excluding hydrogens is 334 g/mol. The fourth-order valence-corrected chi connectivity index (χ4v) is 4.11. The van der Waals surface area contributed by atoms with Crippen LogP contribution >= 0.6 is 11.3 Å². The molecule has 1 aromatic carbocycles. The van der Waals surface area contributed by atoms with Gasteiger partial charge in [0.2, 0.25) is 0 Å². The molecule has 1 amide bonds. The normalized spacial score (nSPS) is 13.2. The first-order chi connectivity index (χ1) is 12.2. The van der Waals surface area contributed by atoms with E-state index >= 15 is 0 Å². The minimum absolute atomic E-state index is 0.0263. The second-order valence-electron chi connectivity index (χ2n) is 5.95. The summed E-state index contributed by atoms with van der Waals surface area (Å²) in [6.07, 6.45) is 3.79. The van der Waals surface area contributed by atoms with Gasteiger partial charge in [-0.1, -0.05) is 12.1 Å². The summed E-state index contributed by atoms with van der Waals surface area (Å²) in [5.41, 5.74) is 5.27. The first kappa shape index (κ1) is 14.2. The Bertz CT molecular complexity index is 1130. The van der Waals surface area contributed by atoms with Crippen LogP contribution in [0.5, 0.6) is 5.75 Å². The molecule has 1 aliphatic rings. The largest absolute Gasteiger partial charge is 0.507 e. The third kappa shape index (κ3) is 2.08. The third-order valence-corrected chi connectivity index (χ3v) is 5.47. The van der Waals surface area contributed by atoms with Crippen LogP contribution in [-0.4, -0.2) is 20.6 Å². The minimum atomic E-state index is -0.223. The van der Waals surface area contributed by atoms with Crippen molar-refractivity contribution in [3.63, 3.8) is 0 Å². The number of carbonyl (C=O) groups excluding carboxylic acids is 1. The van der Waals surface area contributed by atoms with Crippen LogP contribution in [0.1, 0.15) is 15.9 Å². The maximum atomic E-state index is 12.0. The van der Waals surface area contributed by atoms with Crippen LogP contribution in [-0.2, 0) is 6.54 Å². The van der Waals surface area contributed by atoms with Crippen molar-refractivity contribution >= 4 is 22.8 Å². The van der Waals surface area contributed by atoms with Crippen LogP contribution in [0.3, 0.4) is 0 Å². The van der Waals surface area contributed by atoms with Crippen LogP contribution in [0, 0.1) is 0 Å². The van der Waals surface area contributed by atoms with E-state index in [4.69, 9.17) is 0 Å². The number of aromatic hydroxyl groups is 1. The molecule has 4 heterocycles. The summed E-state index contributed by atoms with van der Waals surface area (Å²) < 4.78 is 1.85. The van der Waals surface area contributed by atoms with Gasteiger partial charge >= 0.3 is 0 Å². The number of aromatic nitrogens is 2. The molecule has 0 saturated carbocycles. The topological polar surface area (TPSA) is 66.6 Å². The van der Waals surface area contributed by atoms with Crippen molar-refractivity contribution in [2.75, 3.05) is 0 Å². The molecule has 6 heteroatoms. The van der Waals surface area contributed by atoms with Gasteiger partial charge < -0.3 is 10.4 Å². The van der Waals surface area contributed by atoms with Gasteiger partial charge in [0.05, 0.1) is 17.3 Å². The van der Waals surface area contributed by atoms with E-state index in [1.807, 2.05) is 40.5 Å². The van der Waals surface area contributed by atoms with Gasteiger partial charge in [-0.15, -0.1) is 11.3 Å². The van der Waals surface area contributed by atoms with E-state index in [9.17, 15) is 9.90 Å². The Morgan fingerprint density at radius 1 is 1.20 bits per heavy atom. The highest BCUT2D eigenvalue weighted by Crippen LogP contribution is 2.36. The fraction of sp³-hybridized carbons (Fsp3) is 0.0526. The summed E-state index contributed by atoms with van der Waals surface area (Å²) in [5, 5.41) is 19.3. The summed E-state index contributed by atoms with van der Waals surface area (Å²) in [5.74, 6) is -0.197. The molecule has 0 fully saturated rings. The van der Waals surface area contributed by atoms with Gasteiger partial charge in [-0.3, -0.25) is 4.79 Å². The number of nitrogens with zero attached hydrogens (tertiary/aromatic N) is 2. The van der Waals surface area contributed by atoms with Crippen LogP contribution in [0.4, 0.5) is 0 Å². The van der Waals surface area contributed by atoms with E-state index in [1.165, 1.54) is 4.88 Å². The van der Waals surface area contributed by atoms with E-state index in [2.05, 4.69) is 22.5 Å². The second-order valence-corrected chi connectivity index (χ2v) is 6.90. The number of phenols is 1. The maximum absolute atomic E-state index is 12.0. The summed E-state index contributed by atoms with van der Waals surface area (Å²) in [6, 6.07) is 11.6. The lowest BCUT2D eigenvalue weighted by Crippen LogP contribution is -2.12. The molecule has 5 rings (SSSR count). The third-order valence-electron chi connectivity index (χ3n) is 4.56. The number of carbonyl (C=O) groups is 1. The first-order valence-electron chi connectivity index (χ1n) is 7.87. The molecule has 25 heavy (non-hydrogen) atoms. The van der Waals surface area contributed by atoms with Crippen molar-refractivity contribution in [1.29, 1.82) is 0 Å². The van der Waals surface area contributed by atoms with E-state index in [-0.39, 0.29) is 11.7 Å². The number of phenolic OH excluding ortho intramolecular Hbond substituents is 1. The summed E-state index contributed by atoms with van der Waals surface area (Å²) >= 11 is 1.68. The number of thiophene rings is 1. The van der Waals surface area contributed by atoms with Crippen molar-refractivity contribution in [2.24, 2.45) is 0 Å². The van der Waals surface area contributed by atoms with Crippen molar-refractivity contribution in [2.45, 2.75) is 6.54 Å². The number of benzene rings is 1. The molecule has 122 valence electrons. The lowest BCUT2D eigenvalue weighted by Gasteiger charge is -2.09. The highest BCUT2D eigenvalue weighted by Gasteiger charge is 2.26. The van der Waals surface area contributed by atoms with Crippen LogP contribution in [0.2, 0.25) is 0 Å². The molecule has 2 N–H and O–H groups in total. The molecule has 0 bridgehead atoms. The predicted molar refractivity (Wildman–Crippen MR) is 96.8 cm³/mol. The molecule has 0 saturated heterocycles. The standard InChI is InChI=1S/C19H13N3O2S/c23-16-4-3-12(13-9-20-19(24)18(13)16)11-5-6-22-15(8-11)14(10-21-22)17-2-1-7-25-17/h1-8,10,23H,9H2,(H,20,24). The molecule has 0 radical (unpaired) electrons. The van der Waals surface area contributed by atoms with Crippen molar-refractivity contribution in [1.82, 2.24) is 14.9 Å². The number of rotatable bonds is 2. The summed E-state index contributed by atoms with van der Waals surface area (Å²) in [4.78, 5) is 13.1. The Morgan fingerprint density at radius 2 is 2.12 bits per heavy atom. The zero-order valence-corrected chi connectivity index (χ0v) is 13.9. The maximum Gasteiger partial charge on any atom is 0.255 e. The molecule has 0 spiro atoms. The Balaban J connectivity index is 1.73. The average molecular weight is 347 g/mol. The van der Waals surface area contributed by atoms with Gasteiger partial charge in [-0.2, -0.15) is 5.10 Å². The van der Waals surface area contributed by atoms with Crippen molar-refractivity contribution < 1.29 is 9.90 Å². The van der Waals surface area contributed by atoms with Crippen molar-refractivity contribution in [3.05, 3.63) is 65.3 Å². The number of fused-ring (bicyclic) bond motifs is 2. The SMILES string of the molecule is O=C1NCc2c(-c3ccn4ncc(-c5cccs5)c4c3)ccc(O)c21. The summed E-state index contributed by atoms with van der Waals surface area (Å²) in [7, 11) is 0. The minimum Gasteiger partial charge on any atom is -0.507 e. The zero-order valence-electron chi connectivity index (χ0n) is 13.1. The van der Waals surface area contributed by atoms with Crippen LogP contribution < -0.4 is 5.32 Å². The number of amides is 1. The van der Waals surface area contributed by atoms with E-state index in [1.54, 1.807) is 17.4 Å².